The summed E-state index contributed by atoms with van der Waals surface area (Å²) in [6.45, 7) is 0.897. The number of nitrogens with two attached hydrogens (primary N) is 1. The van der Waals surface area contributed by atoms with E-state index in [1.165, 1.54) is 6.07 Å². The third-order valence-electron chi connectivity index (χ3n) is 3.04. The molecule has 1 aliphatic heterocycles. The minimum absolute atomic E-state index is 0. The molecule has 6 nitrogen and oxygen atoms in total. The van der Waals surface area contributed by atoms with Crippen LogP contribution in [0, 0.1) is 0 Å². The predicted molar refractivity (Wildman–Crippen MR) is 88.2 cm³/mol. The van der Waals surface area contributed by atoms with Gasteiger partial charge in [0.2, 0.25) is 5.91 Å². The number of thiophene rings is 1. The molecule has 0 bridgehead atoms. The summed E-state index contributed by atoms with van der Waals surface area (Å²) in [6, 6.07) is 3.14. The summed E-state index contributed by atoms with van der Waals surface area (Å²) in [5.41, 5.74) is 5.80. The van der Waals surface area contributed by atoms with E-state index in [2.05, 4.69) is 20.7 Å². The van der Waals surface area contributed by atoms with E-state index >= 15 is 0 Å². The molecule has 21 heavy (non-hydrogen) atoms. The van der Waals surface area contributed by atoms with E-state index in [1.807, 2.05) is 0 Å². The number of piperidine rings is 1. The van der Waals surface area contributed by atoms with Crippen LogP contribution in [-0.2, 0) is 14.8 Å². The molecule has 2 rings (SSSR count). The molecule has 1 aromatic heterocycles. The Bertz CT molecular complexity index is 593. The van der Waals surface area contributed by atoms with Crippen molar-refractivity contribution in [3.8, 4) is 0 Å². The van der Waals surface area contributed by atoms with Crippen LogP contribution in [0.25, 0.3) is 0 Å². The molecule has 10 heteroatoms. The van der Waals surface area contributed by atoms with Crippen LogP contribution in [0.1, 0.15) is 12.8 Å². The lowest BCUT2D eigenvalue weighted by Gasteiger charge is -2.30. The van der Waals surface area contributed by atoms with Crippen molar-refractivity contribution in [1.82, 2.24) is 9.62 Å². The summed E-state index contributed by atoms with van der Waals surface area (Å²) < 4.78 is 27.2. The number of halogens is 2. The molecule has 120 valence electrons. The quantitative estimate of drug-likeness (QED) is 0.767. The first-order valence-corrected chi connectivity index (χ1v) is 9.26. The van der Waals surface area contributed by atoms with Crippen LogP contribution < -0.4 is 10.5 Å². The maximum absolute atomic E-state index is 12.0. The number of likely N-dealkylation sites (tertiary alicyclic amines) is 1. The predicted octanol–water partition coefficient (Wildman–Crippen LogP) is 1.16. The standard InChI is InChI=1S/C11H16BrN3O3S2.ClH/c12-9-3-4-11(19-9)20(17,18)14-6-10(16)15-5-1-2-8(13)7-15;/h3-4,8,14H,1-2,5-7,13H2;1H. The highest BCUT2D eigenvalue weighted by Crippen LogP contribution is 2.25. The Morgan fingerprint density at radius 2 is 2.24 bits per heavy atom. The first kappa shape index (κ1) is 18.9. The zero-order chi connectivity index (χ0) is 14.8. The van der Waals surface area contributed by atoms with Crippen molar-refractivity contribution >= 4 is 55.6 Å². The lowest BCUT2D eigenvalue weighted by atomic mass is 10.1. The smallest absolute Gasteiger partial charge is 0.250 e. The molecule has 2 heterocycles. The fourth-order valence-corrected chi connectivity index (χ4v) is 5.05. The van der Waals surface area contributed by atoms with Crippen LogP contribution in [0.15, 0.2) is 20.1 Å². The van der Waals surface area contributed by atoms with E-state index in [4.69, 9.17) is 5.73 Å². The summed E-state index contributed by atoms with van der Waals surface area (Å²) in [4.78, 5) is 13.6. The fourth-order valence-electron chi connectivity index (χ4n) is 2.02. The van der Waals surface area contributed by atoms with Gasteiger partial charge >= 0.3 is 0 Å². The van der Waals surface area contributed by atoms with Gasteiger partial charge in [0.15, 0.2) is 0 Å². The van der Waals surface area contributed by atoms with Gasteiger partial charge in [-0.25, -0.2) is 13.1 Å². The molecule has 1 amide bonds. The van der Waals surface area contributed by atoms with Crippen molar-refractivity contribution in [2.45, 2.75) is 23.1 Å². The molecule has 0 aliphatic carbocycles. The summed E-state index contributed by atoms with van der Waals surface area (Å²) >= 11 is 4.31. The van der Waals surface area contributed by atoms with E-state index in [0.717, 1.165) is 28.0 Å². The molecular formula is C11H17BrClN3O3S2. The van der Waals surface area contributed by atoms with Crippen LogP contribution in [0.2, 0.25) is 0 Å². The number of sulfonamides is 1. The SMILES string of the molecule is Cl.NC1CCCN(C(=O)CNS(=O)(=O)c2ccc(Br)s2)C1. The van der Waals surface area contributed by atoms with Gasteiger partial charge in [-0.2, -0.15) is 0 Å². The van der Waals surface area contributed by atoms with Crippen molar-refractivity contribution in [2.24, 2.45) is 5.73 Å². The molecule has 1 saturated heterocycles. The highest BCUT2D eigenvalue weighted by Gasteiger charge is 2.23. The molecule has 1 aliphatic rings. The zero-order valence-corrected chi connectivity index (χ0v) is 15.2. The molecule has 1 fully saturated rings. The van der Waals surface area contributed by atoms with Gasteiger partial charge < -0.3 is 10.6 Å². The third kappa shape index (κ3) is 5.19. The van der Waals surface area contributed by atoms with Crippen LogP contribution in [0.5, 0.6) is 0 Å². The molecule has 0 radical (unpaired) electrons. The number of rotatable bonds is 4. The summed E-state index contributed by atoms with van der Waals surface area (Å²) in [6.07, 6.45) is 1.76. The molecule has 0 saturated carbocycles. The first-order chi connectivity index (χ1) is 9.38. The van der Waals surface area contributed by atoms with Gasteiger partial charge in [-0.3, -0.25) is 4.79 Å². The lowest BCUT2D eigenvalue weighted by molar-refractivity contribution is -0.131. The molecular weight excluding hydrogens is 402 g/mol. The highest BCUT2D eigenvalue weighted by molar-refractivity contribution is 9.11. The maximum atomic E-state index is 12.0. The number of carbonyl (C=O) groups is 1. The fraction of sp³-hybridized carbons (Fsp3) is 0.545. The minimum Gasteiger partial charge on any atom is -0.340 e. The van der Waals surface area contributed by atoms with E-state index in [-0.39, 0.29) is 35.1 Å². The zero-order valence-electron chi connectivity index (χ0n) is 11.1. The minimum atomic E-state index is -3.63. The van der Waals surface area contributed by atoms with Gasteiger partial charge in [0.05, 0.1) is 10.3 Å². The summed E-state index contributed by atoms with van der Waals surface area (Å²) in [7, 11) is -3.63. The van der Waals surface area contributed by atoms with Gasteiger partial charge in [0, 0.05) is 19.1 Å². The number of nitrogens with zero attached hydrogens (tertiary/aromatic N) is 1. The third-order valence-corrected chi connectivity index (χ3v) is 6.55. The topological polar surface area (TPSA) is 92.5 Å². The summed E-state index contributed by atoms with van der Waals surface area (Å²) in [5.74, 6) is -0.237. The van der Waals surface area contributed by atoms with Gasteiger partial charge in [-0.15, -0.1) is 23.7 Å². The Morgan fingerprint density at radius 3 is 2.81 bits per heavy atom. The van der Waals surface area contributed by atoms with Crippen molar-refractivity contribution in [2.75, 3.05) is 19.6 Å². The number of hydrogen-bond acceptors (Lipinski definition) is 5. The number of hydrogen-bond donors (Lipinski definition) is 2. The van der Waals surface area contributed by atoms with Crippen molar-refractivity contribution in [3.63, 3.8) is 0 Å². The normalized spacial score (nSPS) is 19.1. The highest BCUT2D eigenvalue weighted by atomic mass is 79.9. The molecule has 1 atom stereocenters. The van der Waals surface area contributed by atoms with E-state index in [9.17, 15) is 13.2 Å². The Morgan fingerprint density at radius 1 is 1.52 bits per heavy atom. The second-order valence-corrected chi connectivity index (χ2v) is 9.08. The molecule has 0 spiro atoms. The van der Waals surface area contributed by atoms with Gasteiger partial charge in [-0.05, 0) is 40.9 Å². The van der Waals surface area contributed by atoms with Crippen molar-refractivity contribution in [3.05, 3.63) is 15.9 Å². The van der Waals surface area contributed by atoms with Gasteiger partial charge in [0.1, 0.15) is 4.21 Å². The van der Waals surface area contributed by atoms with E-state index in [0.29, 0.717) is 13.1 Å². The average molecular weight is 419 g/mol. The second-order valence-electron chi connectivity index (χ2n) is 4.63. The Hall–Kier alpha value is -0.190. The summed E-state index contributed by atoms with van der Waals surface area (Å²) in [5, 5.41) is 0. The van der Waals surface area contributed by atoms with E-state index < -0.39 is 10.0 Å². The second kappa shape index (κ2) is 7.89. The number of amides is 1. The van der Waals surface area contributed by atoms with Gasteiger partial charge in [0.25, 0.3) is 10.0 Å². The Kier molecular flexibility index (Phi) is 7.08. The maximum Gasteiger partial charge on any atom is 0.250 e. The monoisotopic (exact) mass is 417 g/mol. The molecule has 0 aromatic carbocycles. The molecule has 3 N–H and O–H groups in total. The lowest BCUT2D eigenvalue weighted by Crippen LogP contribution is -2.48. The van der Waals surface area contributed by atoms with Crippen LogP contribution in [0.3, 0.4) is 0 Å². The Balaban J connectivity index is 0.00000220. The largest absolute Gasteiger partial charge is 0.340 e. The Labute approximate surface area is 142 Å². The van der Waals surface area contributed by atoms with Gasteiger partial charge in [-0.1, -0.05) is 0 Å². The van der Waals surface area contributed by atoms with Crippen molar-refractivity contribution in [1.29, 1.82) is 0 Å². The number of nitrogens with one attached hydrogen (secondary N) is 1. The average Bonchev–Trinajstić information content (AvgIpc) is 2.83. The van der Waals surface area contributed by atoms with Crippen LogP contribution in [0.4, 0.5) is 0 Å². The molecule has 1 aromatic rings. The van der Waals surface area contributed by atoms with E-state index in [1.54, 1.807) is 11.0 Å². The number of carbonyl (C=O) groups excluding carboxylic acids is 1. The van der Waals surface area contributed by atoms with Crippen molar-refractivity contribution < 1.29 is 13.2 Å². The van der Waals surface area contributed by atoms with Crippen LogP contribution in [-0.4, -0.2) is 44.9 Å². The first-order valence-electron chi connectivity index (χ1n) is 6.17. The molecule has 1 unspecified atom stereocenters. The van der Waals surface area contributed by atoms with Crippen LogP contribution >= 0.6 is 39.7 Å².